The highest BCUT2D eigenvalue weighted by Crippen LogP contribution is 2.37. The molecule has 0 aliphatic rings. The Balaban J connectivity index is 2.49. The molecule has 24 heavy (non-hydrogen) atoms. The molecule has 1 unspecified atom stereocenters. The summed E-state index contributed by atoms with van der Waals surface area (Å²) in [6.45, 7) is 3.63. The standard InChI is InChI=1S/C16H17F4N3O/c1-4-10(2)24-15-21-9-13(16(18,19)20)14(22-15)23(3)12-7-5-6-11(17)8-12/h5-10H,4H2,1-3H3. The summed E-state index contributed by atoms with van der Waals surface area (Å²) in [6.07, 6.45) is -3.56. The second-order valence-electron chi connectivity index (χ2n) is 5.26. The van der Waals surface area contributed by atoms with Crippen LogP contribution >= 0.6 is 0 Å². The average molecular weight is 343 g/mol. The van der Waals surface area contributed by atoms with E-state index in [-0.39, 0.29) is 17.8 Å². The van der Waals surface area contributed by atoms with E-state index in [9.17, 15) is 17.6 Å². The van der Waals surface area contributed by atoms with Crippen LogP contribution in [0.3, 0.4) is 0 Å². The van der Waals surface area contributed by atoms with Crippen LogP contribution in [0.15, 0.2) is 30.5 Å². The molecule has 1 aromatic carbocycles. The lowest BCUT2D eigenvalue weighted by Gasteiger charge is -2.23. The van der Waals surface area contributed by atoms with Crippen LogP contribution in [0.25, 0.3) is 0 Å². The number of hydrogen-bond donors (Lipinski definition) is 0. The molecule has 0 saturated carbocycles. The van der Waals surface area contributed by atoms with E-state index in [1.165, 1.54) is 25.2 Å². The van der Waals surface area contributed by atoms with Crippen molar-refractivity contribution >= 4 is 11.5 Å². The Hall–Kier alpha value is -2.38. The Bertz CT molecular complexity index is 706. The molecule has 0 saturated heterocycles. The Morgan fingerprint density at radius 1 is 1.29 bits per heavy atom. The summed E-state index contributed by atoms with van der Waals surface area (Å²) < 4.78 is 58.5. The summed E-state index contributed by atoms with van der Waals surface area (Å²) in [7, 11) is 1.37. The summed E-state index contributed by atoms with van der Waals surface area (Å²) >= 11 is 0. The fraction of sp³-hybridized carbons (Fsp3) is 0.375. The van der Waals surface area contributed by atoms with E-state index >= 15 is 0 Å². The second-order valence-corrected chi connectivity index (χ2v) is 5.26. The lowest BCUT2D eigenvalue weighted by atomic mass is 10.2. The first-order valence-corrected chi connectivity index (χ1v) is 7.32. The highest BCUT2D eigenvalue weighted by atomic mass is 19.4. The van der Waals surface area contributed by atoms with Crippen LogP contribution in [0.1, 0.15) is 25.8 Å². The molecule has 0 radical (unpaired) electrons. The molecule has 0 spiro atoms. The van der Waals surface area contributed by atoms with Crippen molar-refractivity contribution in [3.8, 4) is 6.01 Å². The summed E-state index contributed by atoms with van der Waals surface area (Å²) in [5, 5.41) is 0. The quantitative estimate of drug-likeness (QED) is 0.745. The van der Waals surface area contributed by atoms with E-state index in [0.29, 0.717) is 12.6 Å². The first kappa shape index (κ1) is 18.0. The summed E-state index contributed by atoms with van der Waals surface area (Å²) in [4.78, 5) is 8.67. The molecule has 0 aliphatic carbocycles. The van der Waals surface area contributed by atoms with Gasteiger partial charge in [-0.2, -0.15) is 18.2 Å². The first-order chi connectivity index (χ1) is 11.2. The van der Waals surface area contributed by atoms with Gasteiger partial charge in [0, 0.05) is 18.9 Å². The number of rotatable bonds is 5. The zero-order valence-electron chi connectivity index (χ0n) is 13.4. The van der Waals surface area contributed by atoms with Crippen molar-refractivity contribution in [3.05, 3.63) is 41.8 Å². The van der Waals surface area contributed by atoms with Gasteiger partial charge in [-0.3, -0.25) is 0 Å². The zero-order chi connectivity index (χ0) is 17.9. The molecule has 0 N–H and O–H groups in total. The zero-order valence-corrected chi connectivity index (χ0v) is 13.4. The van der Waals surface area contributed by atoms with Crippen molar-refractivity contribution in [3.63, 3.8) is 0 Å². The molecule has 8 heteroatoms. The highest BCUT2D eigenvalue weighted by molar-refractivity contribution is 5.62. The Kier molecular flexibility index (Phi) is 5.26. The van der Waals surface area contributed by atoms with Crippen LogP contribution in [0, 0.1) is 5.82 Å². The van der Waals surface area contributed by atoms with Gasteiger partial charge in [0.25, 0.3) is 0 Å². The molecule has 4 nitrogen and oxygen atoms in total. The maximum absolute atomic E-state index is 13.4. The average Bonchev–Trinajstić information content (AvgIpc) is 2.53. The van der Waals surface area contributed by atoms with Gasteiger partial charge in [0.05, 0.1) is 6.10 Å². The lowest BCUT2D eigenvalue weighted by molar-refractivity contribution is -0.137. The van der Waals surface area contributed by atoms with Crippen LogP contribution < -0.4 is 9.64 Å². The van der Waals surface area contributed by atoms with Crippen molar-refractivity contribution in [1.82, 2.24) is 9.97 Å². The van der Waals surface area contributed by atoms with E-state index in [2.05, 4.69) is 9.97 Å². The summed E-state index contributed by atoms with van der Waals surface area (Å²) in [5.74, 6) is -0.959. The van der Waals surface area contributed by atoms with Gasteiger partial charge in [-0.25, -0.2) is 9.37 Å². The molecule has 1 heterocycles. The molecule has 0 amide bonds. The van der Waals surface area contributed by atoms with E-state index in [1.807, 2.05) is 6.92 Å². The number of ether oxygens (including phenoxy) is 1. The maximum Gasteiger partial charge on any atom is 0.421 e. The number of alkyl halides is 3. The number of hydrogen-bond acceptors (Lipinski definition) is 4. The molecule has 1 atom stereocenters. The van der Waals surface area contributed by atoms with E-state index in [4.69, 9.17) is 4.74 Å². The van der Waals surface area contributed by atoms with Crippen molar-refractivity contribution < 1.29 is 22.3 Å². The number of aromatic nitrogens is 2. The lowest BCUT2D eigenvalue weighted by Crippen LogP contribution is -2.20. The molecular formula is C16H17F4N3O. The van der Waals surface area contributed by atoms with Gasteiger partial charge in [-0.1, -0.05) is 13.0 Å². The SMILES string of the molecule is CCC(C)Oc1ncc(C(F)(F)F)c(N(C)c2cccc(F)c2)n1. The van der Waals surface area contributed by atoms with Crippen molar-refractivity contribution in [1.29, 1.82) is 0 Å². The molecule has 2 aromatic rings. The highest BCUT2D eigenvalue weighted by Gasteiger charge is 2.37. The number of nitrogens with zero attached hydrogens (tertiary/aromatic N) is 3. The van der Waals surface area contributed by atoms with Gasteiger partial charge >= 0.3 is 12.2 Å². The molecule has 130 valence electrons. The Morgan fingerprint density at radius 2 is 2.00 bits per heavy atom. The van der Waals surface area contributed by atoms with Gasteiger partial charge in [-0.15, -0.1) is 0 Å². The third kappa shape index (κ3) is 4.12. The molecule has 2 rings (SSSR count). The van der Waals surface area contributed by atoms with Crippen molar-refractivity contribution in [2.45, 2.75) is 32.5 Å². The first-order valence-electron chi connectivity index (χ1n) is 7.32. The van der Waals surface area contributed by atoms with E-state index < -0.39 is 23.4 Å². The topological polar surface area (TPSA) is 38.2 Å². The summed E-state index contributed by atoms with van der Waals surface area (Å²) in [5.41, 5.74) is -0.792. The molecule has 0 bridgehead atoms. The van der Waals surface area contributed by atoms with Crippen LogP contribution in [-0.2, 0) is 6.18 Å². The number of anilines is 2. The minimum atomic E-state index is -4.65. The maximum atomic E-state index is 13.4. The minimum Gasteiger partial charge on any atom is -0.460 e. The fourth-order valence-electron chi connectivity index (χ4n) is 1.94. The van der Waals surface area contributed by atoms with E-state index in [1.54, 1.807) is 6.92 Å². The number of benzene rings is 1. The molecule has 0 aliphatic heterocycles. The molecule has 0 fully saturated rings. The minimum absolute atomic E-state index is 0.157. The normalized spacial score (nSPS) is 12.8. The largest absolute Gasteiger partial charge is 0.460 e. The van der Waals surface area contributed by atoms with Crippen LogP contribution in [0.4, 0.5) is 29.1 Å². The van der Waals surface area contributed by atoms with Crippen LogP contribution in [-0.4, -0.2) is 23.1 Å². The van der Waals surface area contributed by atoms with Gasteiger partial charge in [-0.05, 0) is 31.5 Å². The van der Waals surface area contributed by atoms with Crippen LogP contribution in [0.2, 0.25) is 0 Å². The smallest absolute Gasteiger partial charge is 0.421 e. The van der Waals surface area contributed by atoms with Gasteiger partial charge in [0.1, 0.15) is 11.4 Å². The van der Waals surface area contributed by atoms with Gasteiger partial charge < -0.3 is 9.64 Å². The van der Waals surface area contributed by atoms with Crippen LogP contribution in [0.5, 0.6) is 6.01 Å². The third-order valence-electron chi connectivity index (χ3n) is 3.45. The van der Waals surface area contributed by atoms with E-state index in [0.717, 1.165) is 11.0 Å². The predicted molar refractivity (Wildman–Crippen MR) is 81.9 cm³/mol. The van der Waals surface area contributed by atoms with Gasteiger partial charge in [0.2, 0.25) is 0 Å². The number of halogens is 4. The molecule has 1 aromatic heterocycles. The second kappa shape index (κ2) is 7.02. The van der Waals surface area contributed by atoms with Crippen molar-refractivity contribution in [2.75, 3.05) is 11.9 Å². The Morgan fingerprint density at radius 3 is 2.58 bits per heavy atom. The third-order valence-corrected chi connectivity index (χ3v) is 3.45. The van der Waals surface area contributed by atoms with Crippen molar-refractivity contribution in [2.24, 2.45) is 0 Å². The predicted octanol–water partition coefficient (Wildman–Crippen LogP) is 4.58. The summed E-state index contributed by atoms with van der Waals surface area (Å²) in [6, 6.07) is 5.07. The fourth-order valence-corrected chi connectivity index (χ4v) is 1.94. The Labute approximate surface area is 137 Å². The monoisotopic (exact) mass is 343 g/mol. The molecular weight excluding hydrogens is 326 g/mol. The van der Waals surface area contributed by atoms with Gasteiger partial charge in [0.15, 0.2) is 5.82 Å².